The summed E-state index contributed by atoms with van der Waals surface area (Å²) >= 11 is 0. The standard InChI is InChI=1S/C11H15F2NO/c1-8(4-5-15)14-7-9-2-3-10(12)6-11(9)13/h2-3,6,8,14-15H,4-5,7H2,1H3. The van der Waals surface area contributed by atoms with E-state index in [0.29, 0.717) is 18.5 Å². The summed E-state index contributed by atoms with van der Waals surface area (Å²) in [6.45, 7) is 2.34. The van der Waals surface area contributed by atoms with Gasteiger partial charge in [-0.15, -0.1) is 0 Å². The molecule has 84 valence electrons. The summed E-state index contributed by atoms with van der Waals surface area (Å²) in [6, 6.07) is 3.63. The van der Waals surface area contributed by atoms with Gasteiger partial charge in [-0.2, -0.15) is 0 Å². The van der Waals surface area contributed by atoms with Crippen molar-refractivity contribution in [1.82, 2.24) is 5.32 Å². The van der Waals surface area contributed by atoms with E-state index >= 15 is 0 Å². The van der Waals surface area contributed by atoms with Crippen LogP contribution in [-0.2, 0) is 6.54 Å². The minimum absolute atomic E-state index is 0.0973. The lowest BCUT2D eigenvalue weighted by Gasteiger charge is -2.12. The zero-order valence-corrected chi connectivity index (χ0v) is 8.63. The van der Waals surface area contributed by atoms with Gasteiger partial charge in [-0.05, 0) is 19.4 Å². The van der Waals surface area contributed by atoms with E-state index in [-0.39, 0.29) is 12.6 Å². The third-order valence-corrected chi connectivity index (χ3v) is 2.22. The van der Waals surface area contributed by atoms with Crippen LogP contribution in [0, 0.1) is 11.6 Å². The lowest BCUT2D eigenvalue weighted by atomic mass is 10.2. The van der Waals surface area contributed by atoms with Crippen LogP contribution in [0.1, 0.15) is 18.9 Å². The molecule has 0 radical (unpaired) electrons. The van der Waals surface area contributed by atoms with Crippen molar-refractivity contribution >= 4 is 0 Å². The van der Waals surface area contributed by atoms with Gasteiger partial charge in [0.05, 0.1) is 0 Å². The predicted octanol–water partition coefficient (Wildman–Crippen LogP) is 1.83. The first-order valence-electron chi connectivity index (χ1n) is 4.91. The molecule has 0 fully saturated rings. The number of aliphatic hydroxyl groups excluding tert-OH is 1. The molecule has 0 aromatic heterocycles. The largest absolute Gasteiger partial charge is 0.396 e. The molecule has 1 unspecified atom stereocenters. The maximum atomic E-state index is 13.2. The minimum Gasteiger partial charge on any atom is -0.396 e. The van der Waals surface area contributed by atoms with Crippen LogP contribution in [0.4, 0.5) is 8.78 Å². The van der Waals surface area contributed by atoms with Crippen molar-refractivity contribution in [3.63, 3.8) is 0 Å². The number of hydrogen-bond donors (Lipinski definition) is 2. The number of hydrogen-bond acceptors (Lipinski definition) is 2. The van der Waals surface area contributed by atoms with Crippen LogP contribution in [-0.4, -0.2) is 17.8 Å². The second kappa shape index (κ2) is 5.78. The molecule has 1 rings (SSSR count). The molecule has 0 aliphatic heterocycles. The van der Waals surface area contributed by atoms with Crippen LogP contribution in [0.5, 0.6) is 0 Å². The summed E-state index contributed by atoms with van der Waals surface area (Å²) in [5, 5.41) is 11.7. The van der Waals surface area contributed by atoms with Crippen LogP contribution < -0.4 is 5.32 Å². The quantitative estimate of drug-likeness (QED) is 0.785. The van der Waals surface area contributed by atoms with Gasteiger partial charge in [0, 0.05) is 30.8 Å². The van der Waals surface area contributed by atoms with Gasteiger partial charge in [-0.3, -0.25) is 0 Å². The van der Waals surface area contributed by atoms with Gasteiger partial charge in [0.15, 0.2) is 0 Å². The number of aliphatic hydroxyl groups is 1. The third-order valence-electron chi connectivity index (χ3n) is 2.22. The van der Waals surface area contributed by atoms with Gasteiger partial charge in [0.2, 0.25) is 0 Å². The van der Waals surface area contributed by atoms with Crippen molar-refractivity contribution in [2.45, 2.75) is 25.9 Å². The fourth-order valence-corrected chi connectivity index (χ4v) is 1.24. The van der Waals surface area contributed by atoms with E-state index in [2.05, 4.69) is 5.32 Å². The molecule has 1 atom stereocenters. The lowest BCUT2D eigenvalue weighted by Crippen LogP contribution is -2.26. The van der Waals surface area contributed by atoms with Crippen LogP contribution in [0.3, 0.4) is 0 Å². The van der Waals surface area contributed by atoms with Gasteiger partial charge in [-0.25, -0.2) is 8.78 Å². The molecule has 0 spiro atoms. The average Bonchev–Trinajstić information content (AvgIpc) is 2.17. The molecule has 15 heavy (non-hydrogen) atoms. The second-order valence-electron chi connectivity index (χ2n) is 3.53. The Labute approximate surface area is 87.9 Å². The van der Waals surface area contributed by atoms with Crippen molar-refractivity contribution in [1.29, 1.82) is 0 Å². The summed E-state index contributed by atoms with van der Waals surface area (Å²) in [6.07, 6.45) is 0.614. The van der Waals surface area contributed by atoms with E-state index in [4.69, 9.17) is 5.11 Å². The maximum Gasteiger partial charge on any atom is 0.130 e. The molecule has 1 aromatic carbocycles. The van der Waals surface area contributed by atoms with Gasteiger partial charge < -0.3 is 10.4 Å². The van der Waals surface area contributed by atoms with E-state index in [1.54, 1.807) is 0 Å². The fourth-order valence-electron chi connectivity index (χ4n) is 1.24. The molecule has 0 amide bonds. The first-order chi connectivity index (χ1) is 7.13. The Kier molecular flexibility index (Phi) is 4.65. The molecular weight excluding hydrogens is 200 g/mol. The molecule has 2 N–H and O–H groups in total. The van der Waals surface area contributed by atoms with Crippen LogP contribution >= 0.6 is 0 Å². The van der Waals surface area contributed by atoms with Crippen molar-refractivity contribution in [3.05, 3.63) is 35.4 Å². The summed E-state index contributed by atoms with van der Waals surface area (Å²) < 4.78 is 25.7. The van der Waals surface area contributed by atoms with Crippen molar-refractivity contribution in [3.8, 4) is 0 Å². The Hall–Kier alpha value is -1.00. The zero-order valence-electron chi connectivity index (χ0n) is 8.63. The lowest BCUT2D eigenvalue weighted by molar-refractivity contribution is 0.268. The summed E-state index contributed by atoms with van der Waals surface area (Å²) in [5.74, 6) is -1.11. The Morgan fingerprint density at radius 3 is 2.73 bits per heavy atom. The topological polar surface area (TPSA) is 32.3 Å². The van der Waals surface area contributed by atoms with E-state index < -0.39 is 11.6 Å². The Morgan fingerprint density at radius 2 is 2.13 bits per heavy atom. The SMILES string of the molecule is CC(CCO)NCc1ccc(F)cc1F. The molecule has 2 nitrogen and oxygen atoms in total. The van der Waals surface area contributed by atoms with Crippen LogP contribution in [0.2, 0.25) is 0 Å². The zero-order chi connectivity index (χ0) is 11.3. The molecule has 0 aliphatic carbocycles. The maximum absolute atomic E-state index is 13.2. The van der Waals surface area contributed by atoms with Crippen LogP contribution in [0.25, 0.3) is 0 Å². The molecule has 0 heterocycles. The van der Waals surface area contributed by atoms with Gasteiger partial charge in [0.25, 0.3) is 0 Å². The predicted molar refractivity (Wildman–Crippen MR) is 54.4 cm³/mol. The Balaban J connectivity index is 2.50. The monoisotopic (exact) mass is 215 g/mol. The second-order valence-corrected chi connectivity index (χ2v) is 3.53. The summed E-state index contributed by atoms with van der Waals surface area (Å²) in [7, 11) is 0. The first kappa shape index (κ1) is 12.1. The molecule has 1 aromatic rings. The highest BCUT2D eigenvalue weighted by atomic mass is 19.1. The van der Waals surface area contributed by atoms with E-state index in [1.165, 1.54) is 12.1 Å². The molecule has 0 aliphatic rings. The third kappa shape index (κ3) is 3.93. The fraction of sp³-hybridized carbons (Fsp3) is 0.455. The highest BCUT2D eigenvalue weighted by Gasteiger charge is 2.05. The number of benzene rings is 1. The number of halogens is 2. The van der Waals surface area contributed by atoms with Gasteiger partial charge in [-0.1, -0.05) is 6.07 Å². The normalized spacial score (nSPS) is 12.8. The molecular formula is C11H15F2NO. The van der Waals surface area contributed by atoms with E-state index in [9.17, 15) is 8.78 Å². The Bertz CT molecular complexity index is 317. The first-order valence-corrected chi connectivity index (χ1v) is 4.91. The number of nitrogens with one attached hydrogen (secondary N) is 1. The Morgan fingerprint density at radius 1 is 1.40 bits per heavy atom. The van der Waals surface area contributed by atoms with Crippen LogP contribution in [0.15, 0.2) is 18.2 Å². The smallest absolute Gasteiger partial charge is 0.130 e. The molecule has 0 bridgehead atoms. The minimum atomic E-state index is -0.570. The summed E-state index contributed by atoms with van der Waals surface area (Å²) in [4.78, 5) is 0. The molecule has 0 saturated heterocycles. The van der Waals surface area contributed by atoms with Crippen molar-refractivity contribution < 1.29 is 13.9 Å². The van der Waals surface area contributed by atoms with Crippen molar-refractivity contribution in [2.24, 2.45) is 0 Å². The average molecular weight is 215 g/mol. The van der Waals surface area contributed by atoms with Crippen molar-refractivity contribution in [2.75, 3.05) is 6.61 Å². The van der Waals surface area contributed by atoms with Gasteiger partial charge in [0.1, 0.15) is 11.6 Å². The van der Waals surface area contributed by atoms with Gasteiger partial charge >= 0.3 is 0 Å². The van der Waals surface area contributed by atoms with E-state index in [0.717, 1.165) is 6.07 Å². The van der Waals surface area contributed by atoms with E-state index in [1.807, 2.05) is 6.92 Å². The molecule has 0 saturated carbocycles. The summed E-state index contributed by atoms with van der Waals surface area (Å²) in [5.41, 5.74) is 0.432. The molecule has 4 heteroatoms. The highest BCUT2D eigenvalue weighted by Crippen LogP contribution is 2.09. The number of rotatable bonds is 5. The highest BCUT2D eigenvalue weighted by molar-refractivity contribution is 5.18.